The molecule has 5 nitrogen and oxygen atoms in total. The van der Waals surface area contributed by atoms with Gasteiger partial charge in [0.15, 0.2) is 0 Å². The first kappa shape index (κ1) is 16.8. The minimum absolute atomic E-state index is 0.0731. The molecule has 1 aliphatic rings. The van der Waals surface area contributed by atoms with Crippen LogP contribution in [-0.4, -0.2) is 36.9 Å². The van der Waals surface area contributed by atoms with Gasteiger partial charge in [0.05, 0.1) is 6.26 Å². The number of hydrogen-bond donors (Lipinski definition) is 2. The van der Waals surface area contributed by atoms with Crippen LogP contribution in [0.2, 0.25) is 0 Å². The van der Waals surface area contributed by atoms with Gasteiger partial charge in [-0.05, 0) is 46.1 Å². The molecule has 1 aliphatic heterocycles. The van der Waals surface area contributed by atoms with Crippen molar-refractivity contribution in [3.63, 3.8) is 0 Å². The zero-order chi connectivity index (χ0) is 15.0. The second-order valence-electron chi connectivity index (χ2n) is 6.12. The third-order valence-electron chi connectivity index (χ3n) is 3.00. The molecule has 116 valence electrons. The predicted octanol–water partition coefficient (Wildman–Crippen LogP) is 2.57. The Morgan fingerprint density at radius 3 is 2.80 bits per heavy atom. The standard InChI is InChI=1S/C15H28N2O3/c1-5-12(17-14(18)20-15(2,3)4)10-16-11-13-8-6-7-9-19-13/h7,9,12-13,16H,5-6,8,10-11H2,1-4H3,(H,17,18). The van der Waals surface area contributed by atoms with Crippen LogP contribution in [0.1, 0.15) is 47.0 Å². The smallest absolute Gasteiger partial charge is 0.407 e. The second-order valence-corrected chi connectivity index (χ2v) is 6.12. The maximum Gasteiger partial charge on any atom is 0.407 e. The molecule has 2 N–H and O–H groups in total. The van der Waals surface area contributed by atoms with Gasteiger partial charge in [0.1, 0.15) is 11.7 Å². The van der Waals surface area contributed by atoms with Gasteiger partial charge >= 0.3 is 6.09 Å². The van der Waals surface area contributed by atoms with Crippen molar-refractivity contribution in [2.75, 3.05) is 13.1 Å². The monoisotopic (exact) mass is 284 g/mol. The van der Waals surface area contributed by atoms with E-state index in [2.05, 4.69) is 10.6 Å². The lowest BCUT2D eigenvalue weighted by atomic mass is 10.1. The van der Waals surface area contributed by atoms with Crippen LogP contribution in [0.3, 0.4) is 0 Å². The van der Waals surface area contributed by atoms with Gasteiger partial charge in [0, 0.05) is 19.1 Å². The fraction of sp³-hybridized carbons (Fsp3) is 0.800. The van der Waals surface area contributed by atoms with Crippen LogP contribution in [0.4, 0.5) is 4.79 Å². The zero-order valence-corrected chi connectivity index (χ0v) is 13.1. The normalized spacial score (nSPS) is 20.1. The van der Waals surface area contributed by atoms with E-state index in [1.807, 2.05) is 33.8 Å². The molecule has 0 bridgehead atoms. The Labute approximate surface area is 122 Å². The highest BCUT2D eigenvalue weighted by atomic mass is 16.6. The minimum Gasteiger partial charge on any atom is -0.497 e. The maximum absolute atomic E-state index is 11.7. The first-order chi connectivity index (χ1) is 9.40. The van der Waals surface area contributed by atoms with E-state index < -0.39 is 5.60 Å². The van der Waals surface area contributed by atoms with Crippen LogP contribution in [0, 0.1) is 0 Å². The summed E-state index contributed by atoms with van der Waals surface area (Å²) in [5, 5.41) is 6.23. The topological polar surface area (TPSA) is 59.6 Å². The molecule has 0 fully saturated rings. The summed E-state index contributed by atoms with van der Waals surface area (Å²) in [6.45, 7) is 9.15. The van der Waals surface area contributed by atoms with Gasteiger partial charge in [-0.3, -0.25) is 0 Å². The van der Waals surface area contributed by atoms with Crippen LogP contribution in [0.25, 0.3) is 0 Å². The fourth-order valence-corrected chi connectivity index (χ4v) is 1.93. The number of nitrogens with one attached hydrogen (secondary N) is 2. The van der Waals surface area contributed by atoms with E-state index in [4.69, 9.17) is 9.47 Å². The average Bonchev–Trinajstić information content (AvgIpc) is 2.36. The van der Waals surface area contributed by atoms with Gasteiger partial charge in [-0.25, -0.2) is 4.79 Å². The van der Waals surface area contributed by atoms with Crippen molar-refractivity contribution in [3.05, 3.63) is 12.3 Å². The molecule has 0 aromatic carbocycles. The van der Waals surface area contributed by atoms with Crippen molar-refractivity contribution in [3.8, 4) is 0 Å². The van der Waals surface area contributed by atoms with Crippen molar-refractivity contribution in [1.29, 1.82) is 0 Å². The summed E-state index contributed by atoms with van der Waals surface area (Å²) in [4.78, 5) is 11.7. The molecule has 0 saturated carbocycles. The van der Waals surface area contributed by atoms with Crippen molar-refractivity contribution in [2.45, 2.75) is 64.7 Å². The van der Waals surface area contributed by atoms with Crippen molar-refractivity contribution in [1.82, 2.24) is 10.6 Å². The lowest BCUT2D eigenvalue weighted by Gasteiger charge is -2.24. The lowest BCUT2D eigenvalue weighted by molar-refractivity contribution is 0.0501. The molecule has 5 heteroatoms. The van der Waals surface area contributed by atoms with Gasteiger partial charge in [-0.1, -0.05) is 6.92 Å². The summed E-state index contributed by atoms with van der Waals surface area (Å²) in [5.41, 5.74) is -0.460. The quantitative estimate of drug-likeness (QED) is 0.787. The molecule has 2 unspecified atom stereocenters. The number of carbonyl (C=O) groups excluding carboxylic acids is 1. The molecule has 0 aromatic heterocycles. The number of amides is 1. The molecular weight excluding hydrogens is 256 g/mol. The number of allylic oxidation sites excluding steroid dienone is 1. The third-order valence-corrected chi connectivity index (χ3v) is 3.00. The highest BCUT2D eigenvalue weighted by Crippen LogP contribution is 2.09. The van der Waals surface area contributed by atoms with Crippen molar-refractivity contribution < 1.29 is 14.3 Å². The highest BCUT2D eigenvalue weighted by Gasteiger charge is 2.19. The molecule has 0 saturated heterocycles. The second kappa shape index (κ2) is 8.15. The number of ether oxygens (including phenoxy) is 2. The Morgan fingerprint density at radius 2 is 2.25 bits per heavy atom. The van der Waals surface area contributed by atoms with Crippen LogP contribution >= 0.6 is 0 Å². The molecule has 0 radical (unpaired) electrons. The van der Waals surface area contributed by atoms with E-state index in [0.717, 1.165) is 32.4 Å². The Bertz CT molecular complexity index is 324. The lowest BCUT2D eigenvalue weighted by Crippen LogP contribution is -2.45. The van der Waals surface area contributed by atoms with Gasteiger partial charge in [-0.15, -0.1) is 0 Å². The van der Waals surface area contributed by atoms with Gasteiger partial charge in [0.25, 0.3) is 0 Å². The Hall–Kier alpha value is -1.23. The molecule has 1 amide bonds. The zero-order valence-electron chi connectivity index (χ0n) is 13.1. The molecule has 1 heterocycles. The van der Waals surface area contributed by atoms with Crippen LogP contribution in [-0.2, 0) is 9.47 Å². The predicted molar refractivity (Wildman–Crippen MR) is 79.6 cm³/mol. The van der Waals surface area contributed by atoms with E-state index >= 15 is 0 Å². The summed E-state index contributed by atoms with van der Waals surface area (Å²) in [5.74, 6) is 0. The van der Waals surface area contributed by atoms with Crippen molar-refractivity contribution >= 4 is 6.09 Å². The molecular formula is C15H28N2O3. The molecule has 0 aromatic rings. The van der Waals surface area contributed by atoms with E-state index in [0.29, 0.717) is 0 Å². The summed E-state index contributed by atoms with van der Waals surface area (Å²) in [6, 6.07) is 0.0731. The van der Waals surface area contributed by atoms with Gasteiger partial charge < -0.3 is 20.1 Å². The maximum atomic E-state index is 11.7. The van der Waals surface area contributed by atoms with E-state index in [1.54, 1.807) is 6.26 Å². The third kappa shape index (κ3) is 7.38. The molecule has 0 spiro atoms. The first-order valence-corrected chi connectivity index (χ1v) is 7.41. The van der Waals surface area contributed by atoms with E-state index in [-0.39, 0.29) is 18.2 Å². The summed E-state index contributed by atoms with van der Waals surface area (Å²) < 4.78 is 10.7. The number of alkyl carbamates (subject to hydrolysis) is 1. The summed E-state index contributed by atoms with van der Waals surface area (Å²) in [6.07, 6.45) is 6.65. The Balaban J connectivity index is 2.21. The number of rotatable bonds is 6. The molecule has 2 atom stereocenters. The largest absolute Gasteiger partial charge is 0.497 e. The average molecular weight is 284 g/mol. The number of hydrogen-bond acceptors (Lipinski definition) is 4. The molecule has 1 rings (SSSR count). The summed E-state index contributed by atoms with van der Waals surface area (Å²) >= 11 is 0. The highest BCUT2D eigenvalue weighted by molar-refractivity contribution is 5.68. The summed E-state index contributed by atoms with van der Waals surface area (Å²) in [7, 11) is 0. The molecule has 20 heavy (non-hydrogen) atoms. The first-order valence-electron chi connectivity index (χ1n) is 7.41. The fourth-order valence-electron chi connectivity index (χ4n) is 1.93. The SMILES string of the molecule is CCC(CNCC1CCC=CO1)NC(=O)OC(C)(C)C. The van der Waals surface area contributed by atoms with Gasteiger partial charge in [-0.2, -0.15) is 0 Å². The van der Waals surface area contributed by atoms with Gasteiger partial charge in [0.2, 0.25) is 0 Å². The van der Waals surface area contributed by atoms with E-state index in [1.165, 1.54) is 0 Å². The van der Waals surface area contributed by atoms with Crippen LogP contribution < -0.4 is 10.6 Å². The van der Waals surface area contributed by atoms with Crippen molar-refractivity contribution in [2.24, 2.45) is 0 Å². The Morgan fingerprint density at radius 1 is 1.50 bits per heavy atom. The van der Waals surface area contributed by atoms with Crippen LogP contribution in [0.15, 0.2) is 12.3 Å². The minimum atomic E-state index is -0.460. The van der Waals surface area contributed by atoms with E-state index in [9.17, 15) is 4.79 Å². The Kier molecular flexibility index (Phi) is 6.85. The van der Waals surface area contributed by atoms with Crippen LogP contribution in [0.5, 0.6) is 0 Å². The molecule has 0 aliphatic carbocycles. The number of carbonyl (C=O) groups is 1.